The zero-order chi connectivity index (χ0) is 12.8. The van der Waals surface area contributed by atoms with Gasteiger partial charge in [-0.25, -0.2) is 9.59 Å². The summed E-state index contributed by atoms with van der Waals surface area (Å²) in [6.45, 7) is -0.658. The van der Waals surface area contributed by atoms with Gasteiger partial charge in [0.2, 0.25) is 0 Å². The number of urea groups is 1. The lowest BCUT2D eigenvalue weighted by Gasteiger charge is -2.12. The van der Waals surface area contributed by atoms with Gasteiger partial charge in [-0.1, -0.05) is 6.07 Å². The average Bonchev–Trinajstić information content (AvgIpc) is 2.25. The molecular weight excluding hydrogens is 339 g/mol. The van der Waals surface area contributed by atoms with E-state index < -0.39 is 24.6 Å². The van der Waals surface area contributed by atoms with Gasteiger partial charge in [-0.2, -0.15) is 0 Å². The summed E-state index contributed by atoms with van der Waals surface area (Å²) in [6.07, 6.45) is 0. The Hall–Kier alpha value is -1.35. The van der Waals surface area contributed by atoms with E-state index >= 15 is 0 Å². The van der Waals surface area contributed by atoms with Crippen LogP contribution in [-0.2, 0) is 4.79 Å². The lowest BCUT2D eigenvalue weighted by Crippen LogP contribution is -2.45. The molecule has 0 bridgehead atoms. The van der Waals surface area contributed by atoms with Gasteiger partial charge >= 0.3 is 12.0 Å². The number of nitrogens with one attached hydrogen (secondary N) is 2. The number of carboxylic acid groups (broad SMARTS) is 1. The van der Waals surface area contributed by atoms with Crippen molar-refractivity contribution in [1.82, 2.24) is 5.32 Å². The Morgan fingerprint density at radius 2 is 2.12 bits per heavy atom. The second-order valence-corrected chi connectivity index (χ2v) is 4.43. The van der Waals surface area contributed by atoms with Gasteiger partial charge in [0, 0.05) is 9.26 Å². The van der Waals surface area contributed by atoms with Crippen LogP contribution in [0.15, 0.2) is 24.3 Å². The highest BCUT2D eigenvalue weighted by atomic mass is 127. The summed E-state index contributed by atoms with van der Waals surface area (Å²) < 4.78 is 0.942. The molecule has 0 aliphatic heterocycles. The topological polar surface area (TPSA) is 98.7 Å². The van der Waals surface area contributed by atoms with Gasteiger partial charge in [-0.3, -0.25) is 0 Å². The van der Waals surface area contributed by atoms with Crippen LogP contribution in [0.4, 0.5) is 10.5 Å². The number of aliphatic carboxylic acids is 1. The maximum Gasteiger partial charge on any atom is 0.328 e. The van der Waals surface area contributed by atoms with Crippen LogP contribution in [-0.4, -0.2) is 34.9 Å². The minimum absolute atomic E-state index is 0.552. The number of carbonyl (C=O) groups is 2. The van der Waals surface area contributed by atoms with Crippen molar-refractivity contribution < 1.29 is 19.8 Å². The Kier molecular flexibility index (Phi) is 5.16. The van der Waals surface area contributed by atoms with Gasteiger partial charge in [-0.15, -0.1) is 0 Å². The van der Waals surface area contributed by atoms with Crippen LogP contribution in [0.1, 0.15) is 0 Å². The Morgan fingerprint density at radius 1 is 1.41 bits per heavy atom. The van der Waals surface area contributed by atoms with E-state index in [1.807, 2.05) is 6.07 Å². The highest BCUT2D eigenvalue weighted by Crippen LogP contribution is 2.11. The molecule has 0 fully saturated rings. The van der Waals surface area contributed by atoms with Gasteiger partial charge in [0.1, 0.15) is 0 Å². The molecule has 1 rings (SSSR count). The van der Waals surface area contributed by atoms with Crippen LogP contribution in [0.2, 0.25) is 0 Å². The number of anilines is 1. The Bertz CT molecular complexity index is 425. The fourth-order valence-electron chi connectivity index (χ4n) is 1.08. The lowest BCUT2D eigenvalue weighted by molar-refractivity contribution is -0.140. The molecule has 0 saturated heterocycles. The molecule has 0 saturated carbocycles. The molecule has 2 amide bonds. The molecule has 6 nitrogen and oxygen atoms in total. The molecule has 0 spiro atoms. The minimum Gasteiger partial charge on any atom is -0.480 e. The summed E-state index contributed by atoms with van der Waals surface area (Å²) in [6, 6.07) is 5.05. The second kappa shape index (κ2) is 6.40. The highest BCUT2D eigenvalue weighted by Gasteiger charge is 2.18. The zero-order valence-corrected chi connectivity index (χ0v) is 10.8. The van der Waals surface area contributed by atoms with Crippen LogP contribution >= 0.6 is 22.6 Å². The van der Waals surface area contributed by atoms with Crippen LogP contribution in [0, 0.1) is 3.57 Å². The SMILES string of the molecule is O=C(Nc1cccc(I)c1)N[C@@H](CO)C(=O)O. The van der Waals surface area contributed by atoms with E-state index in [-0.39, 0.29) is 0 Å². The molecule has 0 heterocycles. The van der Waals surface area contributed by atoms with E-state index in [0.717, 1.165) is 3.57 Å². The number of hydrogen-bond acceptors (Lipinski definition) is 3. The van der Waals surface area contributed by atoms with Crippen molar-refractivity contribution >= 4 is 40.3 Å². The van der Waals surface area contributed by atoms with Gasteiger partial charge in [0.25, 0.3) is 0 Å². The van der Waals surface area contributed by atoms with Gasteiger partial charge in [-0.05, 0) is 40.8 Å². The van der Waals surface area contributed by atoms with Crippen molar-refractivity contribution in [1.29, 1.82) is 0 Å². The third-order valence-corrected chi connectivity index (χ3v) is 2.54. The summed E-state index contributed by atoms with van der Waals surface area (Å²) in [4.78, 5) is 22.0. The van der Waals surface area contributed by atoms with E-state index in [1.54, 1.807) is 18.2 Å². The van der Waals surface area contributed by atoms with Crippen LogP contribution < -0.4 is 10.6 Å². The largest absolute Gasteiger partial charge is 0.480 e. The number of aliphatic hydroxyl groups is 1. The van der Waals surface area contributed by atoms with E-state index in [1.165, 1.54) is 0 Å². The fourth-order valence-corrected chi connectivity index (χ4v) is 1.62. The van der Waals surface area contributed by atoms with E-state index in [0.29, 0.717) is 5.69 Å². The van der Waals surface area contributed by atoms with Gasteiger partial charge in [0.15, 0.2) is 6.04 Å². The monoisotopic (exact) mass is 350 g/mol. The van der Waals surface area contributed by atoms with Gasteiger partial charge in [0.05, 0.1) is 6.61 Å². The van der Waals surface area contributed by atoms with Crippen LogP contribution in [0.25, 0.3) is 0 Å². The molecule has 4 N–H and O–H groups in total. The molecule has 0 aromatic heterocycles. The lowest BCUT2D eigenvalue weighted by atomic mass is 10.3. The smallest absolute Gasteiger partial charge is 0.328 e. The third-order valence-electron chi connectivity index (χ3n) is 1.87. The summed E-state index contributed by atoms with van der Waals surface area (Å²) in [7, 11) is 0. The number of carbonyl (C=O) groups excluding carboxylic acids is 1. The number of amides is 2. The van der Waals surface area contributed by atoms with E-state index in [9.17, 15) is 9.59 Å². The number of aliphatic hydroxyl groups excluding tert-OH is 1. The number of benzene rings is 1. The fraction of sp³-hybridized carbons (Fsp3) is 0.200. The first-order chi connectivity index (χ1) is 8.02. The van der Waals surface area contributed by atoms with Crippen molar-refractivity contribution in [3.63, 3.8) is 0 Å². The first-order valence-electron chi connectivity index (χ1n) is 4.69. The Balaban J connectivity index is 2.58. The van der Waals surface area contributed by atoms with Crippen molar-refractivity contribution in [2.24, 2.45) is 0 Å². The second-order valence-electron chi connectivity index (χ2n) is 3.18. The number of hydrogen-bond donors (Lipinski definition) is 4. The Labute approximate surface area is 111 Å². The number of rotatable bonds is 4. The molecule has 1 aromatic rings. The molecule has 92 valence electrons. The van der Waals surface area contributed by atoms with E-state index in [4.69, 9.17) is 10.2 Å². The van der Waals surface area contributed by atoms with E-state index in [2.05, 4.69) is 33.2 Å². The third kappa shape index (κ3) is 4.57. The molecule has 1 aromatic carbocycles. The maximum atomic E-state index is 11.4. The standard InChI is InChI=1S/C10H11IN2O4/c11-6-2-1-3-7(4-6)12-10(17)13-8(5-14)9(15)16/h1-4,8,14H,5H2,(H,15,16)(H2,12,13,17)/t8-/m0/s1. The molecule has 0 aliphatic rings. The summed E-state index contributed by atoms with van der Waals surface area (Å²) in [5.41, 5.74) is 0.552. The zero-order valence-electron chi connectivity index (χ0n) is 8.68. The predicted octanol–water partition coefficient (Wildman–Crippen LogP) is 0.858. The van der Waals surface area contributed by atoms with Crippen LogP contribution in [0.5, 0.6) is 0 Å². The molecule has 17 heavy (non-hydrogen) atoms. The highest BCUT2D eigenvalue weighted by molar-refractivity contribution is 14.1. The first kappa shape index (κ1) is 13.7. The Morgan fingerprint density at radius 3 is 2.65 bits per heavy atom. The van der Waals surface area contributed by atoms with Crippen molar-refractivity contribution in [3.05, 3.63) is 27.8 Å². The van der Waals surface area contributed by atoms with Gasteiger partial charge < -0.3 is 20.8 Å². The number of carboxylic acids is 1. The summed E-state index contributed by atoms with van der Waals surface area (Å²) >= 11 is 2.09. The molecule has 1 atom stereocenters. The quantitative estimate of drug-likeness (QED) is 0.606. The molecule has 7 heteroatoms. The average molecular weight is 350 g/mol. The summed E-state index contributed by atoms with van der Waals surface area (Å²) in [5, 5.41) is 22.0. The summed E-state index contributed by atoms with van der Waals surface area (Å²) in [5.74, 6) is -1.29. The molecular formula is C10H11IN2O4. The maximum absolute atomic E-state index is 11.4. The number of halogens is 1. The van der Waals surface area contributed by atoms with Crippen molar-refractivity contribution in [2.75, 3.05) is 11.9 Å². The first-order valence-corrected chi connectivity index (χ1v) is 5.77. The van der Waals surface area contributed by atoms with Crippen molar-refractivity contribution in [2.45, 2.75) is 6.04 Å². The van der Waals surface area contributed by atoms with Crippen molar-refractivity contribution in [3.8, 4) is 0 Å². The molecule has 0 unspecified atom stereocenters. The molecule has 0 aliphatic carbocycles. The normalized spacial score (nSPS) is 11.6. The molecule has 0 radical (unpaired) electrons. The minimum atomic E-state index is -1.31. The predicted molar refractivity (Wildman–Crippen MR) is 69.8 cm³/mol. The van der Waals surface area contributed by atoms with Crippen LogP contribution in [0.3, 0.4) is 0 Å².